The second-order valence-corrected chi connectivity index (χ2v) is 4.44. The molecule has 2 rings (SSSR count). The van der Waals surface area contributed by atoms with Crippen molar-refractivity contribution >= 4 is 24.8 Å². The summed E-state index contributed by atoms with van der Waals surface area (Å²) in [5.74, 6) is 0. The molecule has 0 amide bonds. The molecule has 2 saturated heterocycles. The van der Waals surface area contributed by atoms with E-state index in [4.69, 9.17) is 9.47 Å². The highest BCUT2D eigenvalue weighted by Gasteiger charge is 2.27. The van der Waals surface area contributed by atoms with E-state index in [1.165, 1.54) is 12.8 Å². The van der Waals surface area contributed by atoms with Crippen molar-refractivity contribution in [3.63, 3.8) is 0 Å². The second kappa shape index (κ2) is 9.36. The number of methoxy groups -OCH3 is 1. The molecule has 0 spiro atoms. The maximum atomic E-state index is 5.44. The van der Waals surface area contributed by atoms with Gasteiger partial charge in [-0.1, -0.05) is 0 Å². The van der Waals surface area contributed by atoms with Gasteiger partial charge in [-0.3, -0.25) is 0 Å². The highest BCUT2D eigenvalue weighted by molar-refractivity contribution is 5.85. The van der Waals surface area contributed by atoms with E-state index in [0.29, 0.717) is 12.1 Å². The fourth-order valence-electron chi connectivity index (χ4n) is 2.43. The number of rotatable bonds is 3. The summed E-state index contributed by atoms with van der Waals surface area (Å²) < 4.78 is 10.9. The van der Waals surface area contributed by atoms with Crippen molar-refractivity contribution in [3.8, 4) is 0 Å². The standard InChI is InChI=1S/C11H22N2O2.2ClH/c1-14-11-8-15-7-4-10(11)13-9-2-5-12-6-3-9;;/h9-13H,2-8H2,1H3;2*1H/t10-,11+;;/m1../s1. The monoisotopic (exact) mass is 286 g/mol. The van der Waals surface area contributed by atoms with Gasteiger partial charge in [0.25, 0.3) is 0 Å². The third kappa shape index (κ3) is 5.28. The van der Waals surface area contributed by atoms with E-state index in [1.807, 2.05) is 0 Å². The van der Waals surface area contributed by atoms with E-state index >= 15 is 0 Å². The molecule has 0 radical (unpaired) electrons. The first kappa shape index (κ1) is 17.4. The number of nitrogens with one attached hydrogen (secondary N) is 2. The fourth-order valence-corrected chi connectivity index (χ4v) is 2.43. The Morgan fingerprint density at radius 1 is 1.18 bits per heavy atom. The summed E-state index contributed by atoms with van der Waals surface area (Å²) in [6, 6.07) is 1.14. The molecule has 0 aromatic heterocycles. The number of ether oxygens (including phenoxy) is 2. The molecule has 4 nitrogen and oxygen atoms in total. The van der Waals surface area contributed by atoms with Crippen molar-refractivity contribution in [2.45, 2.75) is 37.5 Å². The van der Waals surface area contributed by atoms with Crippen LogP contribution in [0.1, 0.15) is 19.3 Å². The maximum Gasteiger partial charge on any atom is 0.0958 e. The smallest absolute Gasteiger partial charge is 0.0958 e. The van der Waals surface area contributed by atoms with E-state index < -0.39 is 0 Å². The first-order valence-corrected chi connectivity index (χ1v) is 5.97. The molecule has 17 heavy (non-hydrogen) atoms. The third-order valence-electron chi connectivity index (χ3n) is 3.40. The van der Waals surface area contributed by atoms with Crippen molar-refractivity contribution in [1.29, 1.82) is 0 Å². The SMILES string of the molecule is CO[C@H]1COCC[C@H]1NC1CCNCC1.Cl.Cl. The molecule has 0 bridgehead atoms. The van der Waals surface area contributed by atoms with Crippen LogP contribution in [0.3, 0.4) is 0 Å². The predicted molar refractivity (Wildman–Crippen MR) is 73.5 cm³/mol. The van der Waals surface area contributed by atoms with Crippen LogP contribution < -0.4 is 10.6 Å². The summed E-state index contributed by atoms with van der Waals surface area (Å²) >= 11 is 0. The van der Waals surface area contributed by atoms with Crippen LogP contribution >= 0.6 is 24.8 Å². The van der Waals surface area contributed by atoms with Crippen LogP contribution in [0, 0.1) is 0 Å². The van der Waals surface area contributed by atoms with E-state index in [0.717, 1.165) is 32.7 Å². The molecule has 2 heterocycles. The quantitative estimate of drug-likeness (QED) is 0.812. The lowest BCUT2D eigenvalue weighted by Gasteiger charge is -2.35. The summed E-state index contributed by atoms with van der Waals surface area (Å²) in [5, 5.41) is 7.10. The lowest BCUT2D eigenvalue weighted by Crippen LogP contribution is -2.53. The Hall–Kier alpha value is 0.420. The first-order valence-electron chi connectivity index (χ1n) is 5.97. The van der Waals surface area contributed by atoms with Gasteiger partial charge in [-0.15, -0.1) is 24.8 Å². The van der Waals surface area contributed by atoms with E-state index in [-0.39, 0.29) is 30.9 Å². The van der Waals surface area contributed by atoms with Gasteiger partial charge in [0, 0.05) is 25.8 Å². The second-order valence-electron chi connectivity index (χ2n) is 4.44. The number of hydrogen-bond acceptors (Lipinski definition) is 4. The first-order chi connectivity index (χ1) is 7.40. The zero-order valence-corrected chi connectivity index (χ0v) is 11.9. The largest absolute Gasteiger partial charge is 0.379 e. The van der Waals surface area contributed by atoms with Crippen LogP contribution in [0.5, 0.6) is 0 Å². The maximum absolute atomic E-state index is 5.44. The third-order valence-corrected chi connectivity index (χ3v) is 3.40. The fraction of sp³-hybridized carbons (Fsp3) is 1.00. The van der Waals surface area contributed by atoms with Crippen molar-refractivity contribution in [2.75, 3.05) is 33.4 Å². The van der Waals surface area contributed by atoms with Crippen LogP contribution in [0.25, 0.3) is 0 Å². The Balaban J connectivity index is 0.00000128. The zero-order valence-electron chi connectivity index (χ0n) is 10.3. The van der Waals surface area contributed by atoms with Gasteiger partial charge in [-0.05, 0) is 32.4 Å². The minimum atomic E-state index is 0. The average Bonchev–Trinajstić information content (AvgIpc) is 2.31. The molecule has 0 aliphatic carbocycles. The van der Waals surface area contributed by atoms with Crippen LogP contribution in [0.15, 0.2) is 0 Å². The van der Waals surface area contributed by atoms with E-state index in [2.05, 4.69) is 10.6 Å². The van der Waals surface area contributed by atoms with Gasteiger partial charge in [0.2, 0.25) is 0 Å². The molecule has 6 heteroatoms. The molecule has 0 unspecified atom stereocenters. The van der Waals surface area contributed by atoms with Crippen LogP contribution in [0.4, 0.5) is 0 Å². The van der Waals surface area contributed by atoms with Gasteiger partial charge in [0.05, 0.1) is 12.7 Å². The summed E-state index contributed by atoms with van der Waals surface area (Å²) in [4.78, 5) is 0. The Bertz CT molecular complexity index is 192. The van der Waals surface area contributed by atoms with Crippen molar-refractivity contribution < 1.29 is 9.47 Å². The molecular weight excluding hydrogens is 263 g/mol. The van der Waals surface area contributed by atoms with Gasteiger partial charge in [-0.25, -0.2) is 0 Å². The summed E-state index contributed by atoms with van der Waals surface area (Å²) in [6.45, 7) is 3.87. The van der Waals surface area contributed by atoms with E-state index in [9.17, 15) is 0 Å². The highest BCUT2D eigenvalue weighted by atomic mass is 35.5. The molecule has 0 aromatic carbocycles. The topological polar surface area (TPSA) is 42.5 Å². The summed E-state index contributed by atoms with van der Waals surface area (Å²) in [5.41, 5.74) is 0. The predicted octanol–water partition coefficient (Wildman–Crippen LogP) is 0.975. The average molecular weight is 287 g/mol. The molecule has 2 fully saturated rings. The summed E-state index contributed by atoms with van der Waals surface area (Å²) in [6.07, 6.45) is 3.76. The molecule has 0 saturated carbocycles. The van der Waals surface area contributed by atoms with Crippen molar-refractivity contribution in [1.82, 2.24) is 10.6 Å². The lowest BCUT2D eigenvalue weighted by atomic mass is 10.0. The van der Waals surface area contributed by atoms with Crippen molar-refractivity contribution in [2.24, 2.45) is 0 Å². The summed E-state index contributed by atoms with van der Waals surface area (Å²) in [7, 11) is 1.77. The Morgan fingerprint density at radius 3 is 2.53 bits per heavy atom. The normalized spacial score (nSPS) is 30.2. The zero-order chi connectivity index (χ0) is 10.5. The molecule has 2 N–H and O–H groups in total. The van der Waals surface area contributed by atoms with Crippen LogP contribution in [0.2, 0.25) is 0 Å². The van der Waals surface area contributed by atoms with Gasteiger partial charge >= 0.3 is 0 Å². The van der Waals surface area contributed by atoms with Gasteiger partial charge in [-0.2, -0.15) is 0 Å². The molecule has 2 aliphatic heterocycles. The number of hydrogen-bond donors (Lipinski definition) is 2. The Kier molecular flexibility index (Phi) is 9.59. The van der Waals surface area contributed by atoms with E-state index in [1.54, 1.807) is 7.11 Å². The van der Waals surface area contributed by atoms with Gasteiger partial charge in [0.15, 0.2) is 0 Å². The van der Waals surface area contributed by atoms with Crippen LogP contribution in [-0.4, -0.2) is 51.6 Å². The molecule has 2 aliphatic rings. The van der Waals surface area contributed by atoms with Crippen LogP contribution in [-0.2, 0) is 9.47 Å². The minimum Gasteiger partial charge on any atom is -0.379 e. The molecule has 0 aromatic rings. The molecule has 104 valence electrons. The Morgan fingerprint density at radius 2 is 1.88 bits per heavy atom. The highest BCUT2D eigenvalue weighted by Crippen LogP contribution is 2.13. The molecule has 2 atom stereocenters. The van der Waals surface area contributed by atoms with Gasteiger partial charge in [0.1, 0.15) is 0 Å². The molecular formula is C11H24Cl2N2O2. The lowest BCUT2D eigenvalue weighted by molar-refractivity contribution is -0.0527. The number of halogens is 2. The van der Waals surface area contributed by atoms with Crippen molar-refractivity contribution in [3.05, 3.63) is 0 Å². The Labute approximate surface area is 116 Å². The van der Waals surface area contributed by atoms with Gasteiger partial charge < -0.3 is 20.1 Å². The number of piperidine rings is 1. The minimum absolute atomic E-state index is 0.